The Bertz CT molecular complexity index is 1250. The van der Waals surface area contributed by atoms with Crippen molar-refractivity contribution in [2.75, 3.05) is 12.8 Å². The molecule has 0 aromatic carbocycles. The number of sulfone groups is 1. The van der Waals surface area contributed by atoms with Gasteiger partial charge in [-0.05, 0) is 45.1 Å². The topological polar surface area (TPSA) is 80.5 Å². The Balaban J connectivity index is 2.01. The van der Waals surface area contributed by atoms with Crippen LogP contribution in [-0.2, 0) is 22.4 Å². The van der Waals surface area contributed by atoms with Gasteiger partial charge in [-0.15, -0.1) is 0 Å². The monoisotopic (exact) mass is 563 g/mol. The van der Waals surface area contributed by atoms with Crippen LogP contribution in [0.3, 0.4) is 0 Å². The summed E-state index contributed by atoms with van der Waals surface area (Å²) in [6, 6.07) is 1.03. The van der Waals surface area contributed by atoms with Gasteiger partial charge in [0.25, 0.3) is 5.91 Å². The number of nitrogens with zero attached hydrogens (tertiary/aromatic N) is 2. The molecule has 1 aliphatic carbocycles. The number of hydrogen-bond acceptors (Lipinski definition) is 4. The van der Waals surface area contributed by atoms with E-state index in [2.05, 4.69) is 10.3 Å². The smallest absolute Gasteiger partial charge is 0.350 e. The number of pyridine rings is 1. The highest BCUT2D eigenvalue weighted by Gasteiger charge is 2.41. The van der Waals surface area contributed by atoms with Gasteiger partial charge in [0.05, 0.1) is 21.0 Å². The van der Waals surface area contributed by atoms with Crippen LogP contribution < -0.4 is 5.32 Å². The Morgan fingerprint density at radius 1 is 1.23 bits per heavy atom. The van der Waals surface area contributed by atoms with Gasteiger partial charge in [-0.25, -0.2) is 22.2 Å². The fourth-order valence-corrected chi connectivity index (χ4v) is 4.72. The van der Waals surface area contributed by atoms with Crippen LogP contribution in [0.4, 0.5) is 22.0 Å². The first-order valence-electron chi connectivity index (χ1n) is 10.7. The molecule has 2 aromatic heterocycles. The van der Waals surface area contributed by atoms with Crippen molar-refractivity contribution < 1.29 is 35.2 Å². The van der Waals surface area contributed by atoms with Crippen LogP contribution in [0.25, 0.3) is 5.65 Å². The van der Waals surface area contributed by atoms with Crippen molar-refractivity contribution in [3.05, 3.63) is 33.2 Å². The van der Waals surface area contributed by atoms with Gasteiger partial charge in [0.15, 0.2) is 15.5 Å². The van der Waals surface area contributed by atoms with Gasteiger partial charge in [-0.1, -0.05) is 23.2 Å². The third-order valence-electron chi connectivity index (χ3n) is 6.40. The number of alkyl halides is 5. The number of carbonyl (C=O) groups is 1. The number of nitrogens with one attached hydrogen (secondary N) is 1. The minimum atomic E-state index is -4.86. The summed E-state index contributed by atoms with van der Waals surface area (Å²) < 4.78 is 91.9. The summed E-state index contributed by atoms with van der Waals surface area (Å²) in [5.41, 5.74) is -2.13. The SMILES string of the molecule is CC(C)(CNC(=O)c1cc2nc(C(F)(F)F)c(CC3CCC(F)(F)CC3)n2c(Cl)c1Cl)S(C)(=O)=O. The van der Waals surface area contributed by atoms with Gasteiger partial charge in [-0.2, -0.15) is 13.2 Å². The minimum absolute atomic E-state index is 0.0412. The molecule has 2 aromatic rings. The Morgan fingerprint density at radius 3 is 2.31 bits per heavy atom. The first-order valence-corrected chi connectivity index (χ1v) is 13.3. The van der Waals surface area contributed by atoms with Crippen LogP contribution in [-0.4, -0.2) is 47.2 Å². The number of fused-ring (bicyclic) bond motifs is 1. The molecule has 1 amide bonds. The van der Waals surface area contributed by atoms with Crippen molar-refractivity contribution in [3.63, 3.8) is 0 Å². The standard InChI is InChI=1S/C21H24Cl2F5N3O3S/c1-19(2,35(3,33)34)10-29-18(32)12-9-14-30-16(21(26,27)28)13(31(14)17(23)15(12)22)8-11-4-6-20(24,25)7-5-11/h9,11H,4-8,10H2,1-3H3,(H,29,32). The highest BCUT2D eigenvalue weighted by atomic mass is 35.5. The predicted molar refractivity (Wildman–Crippen MR) is 122 cm³/mol. The lowest BCUT2D eigenvalue weighted by atomic mass is 9.83. The Morgan fingerprint density at radius 2 is 1.80 bits per heavy atom. The highest BCUT2D eigenvalue weighted by molar-refractivity contribution is 7.92. The van der Waals surface area contributed by atoms with E-state index in [9.17, 15) is 35.2 Å². The number of hydrogen-bond donors (Lipinski definition) is 1. The fraction of sp³-hybridized carbons (Fsp3) is 0.619. The van der Waals surface area contributed by atoms with E-state index in [-0.39, 0.29) is 47.7 Å². The number of carbonyl (C=O) groups excluding carboxylic acids is 1. The van der Waals surface area contributed by atoms with Crippen molar-refractivity contribution in [3.8, 4) is 0 Å². The van der Waals surface area contributed by atoms with Crippen molar-refractivity contribution in [2.45, 2.75) is 62.8 Å². The lowest BCUT2D eigenvalue weighted by molar-refractivity contribution is -0.141. The molecule has 1 aliphatic rings. The second kappa shape index (κ2) is 9.33. The van der Waals surface area contributed by atoms with Crippen molar-refractivity contribution in [1.29, 1.82) is 0 Å². The van der Waals surface area contributed by atoms with Crippen LogP contribution in [0.5, 0.6) is 0 Å². The van der Waals surface area contributed by atoms with Gasteiger partial charge in [0.1, 0.15) is 10.8 Å². The summed E-state index contributed by atoms with van der Waals surface area (Å²) in [5, 5.41) is 1.67. The molecule has 2 heterocycles. The number of rotatable bonds is 6. The van der Waals surface area contributed by atoms with Crippen LogP contribution >= 0.6 is 23.2 Å². The summed E-state index contributed by atoms with van der Waals surface area (Å²) in [6.45, 7) is 2.51. The molecule has 0 unspecified atom stereocenters. The summed E-state index contributed by atoms with van der Waals surface area (Å²) in [7, 11) is -3.54. The fourth-order valence-electron chi connectivity index (χ4n) is 3.87. The third-order valence-corrected chi connectivity index (χ3v) is 9.39. The van der Waals surface area contributed by atoms with Crippen molar-refractivity contribution >= 4 is 44.6 Å². The molecule has 0 aliphatic heterocycles. The maximum Gasteiger partial charge on any atom is 0.435 e. The second-order valence-electron chi connectivity index (χ2n) is 9.48. The maximum atomic E-state index is 13.8. The molecule has 35 heavy (non-hydrogen) atoms. The average Bonchev–Trinajstić information content (AvgIpc) is 3.08. The van der Waals surface area contributed by atoms with Crippen LogP contribution in [0.15, 0.2) is 6.07 Å². The largest absolute Gasteiger partial charge is 0.435 e. The van der Waals surface area contributed by atoms with E-state index >= 15 is 0 Å². The van der Waals surface area contributed by atoms with Gasteiger partial charge < -0.3 is 5.32 Å². The molecule has 6 nitrogen and oxygen atoms in total. The third kappa shape index (κ3) is 5.85. The molecule has 196 valence electrons. The van der Waals surface area contributed by atoms with Crippen molar-refractivity contribution in [2.24, 2.45) is 5.92 Å². The van der Waals surface area contributed by atoms with Gasteiger partial charge in [0.2, 0.25) is 5.92 Å². The zero-order chi connectivity index (χ0) is 26.6. The van der Waals surface area contributed by atoms with E-state index in [4.69, 9.17) is 23.2 Å². The molecule has 14 heteroatoms. The number of aromatic nitrogens is 2. The van der Waals surface area contributed by atoms with E-state index in [0.29, 0.717) is 0 Å². The lowest BCUT2D eigenvalue weighted by Gasteiger charge is -2.28. The van der Waals surface area contributed by atoms with E-state index in [1.807, 2.05) is 0 Å². The van der Waals surface area contributed by atoms with E-state index in [1.165, 1.54) is 13.8 Å². The molecule has 0 atom stereocenters. The molecule has 1 saturated carbocycles. The molecule has 1 fully saturated rings. The molecule has 0 saturated heterocycles. The first kappa shape index (κ1) is 27.9. The first-order chi connectivity index (χ1) is 15.8. The summed E-state index contributed by atoms with van der Waals surface area (Å²) in [4.78, 5) is 16.4. The normalized spacial score (nSPS) is 17.7. The van der Waals surface area contributed by atoms with Gasteiger partial charge in [0, 0.05) is 25.6 Å². The maximum absolute atomic E-state index is 13.8. The molecule has 0 radical (unpaired) electrons. The van der Waals surface area contributed by atoms with Crippen molar-refractivity contribution in [1.82, 2.24) is 14.7 Å². The molecule has 3 rings (SSSR count). The van der Waals surface area contributed by atoms with Gasteiger partial charge in [-0.3, -0.25) is 9.20 Å². The highest BCUT2D eigenvalue weighted by Crippen LogP contribution is 2.41. The number of imidazole rings is 1. The Hall–Kier alpha value is -1.66. The van der Waals surface area contributed by atoms with E-state index < -0.39 is 62.2 Å². The predicted octanol–water partition coefficient (Wildman–Crippen LogP) is 5.58. The Labute approximate surface area is 209 Å². The molecule has 0 spiro atoms. The molecule has 0 bridgehead atoms. The van der Waals surface area contributed by atoms with Crippen LogP contribution in [0.1, 0.15) is 61.3 Å². The van der Waals surface area contributed by atoms with E-state index in [0.717, 1.165) is 16.7 Å². The Kier molecular flexibility index (Phi) is 7.44. The quantitative estimate of drug-likeness (QED) is 0.367. The molecular formula is C21H24Cl2F5N3O3S. The number of halogens is 7. The lowest BCUT2D eigenvalue weighted by Crippen LogP contribution is -2.43. The van der Waals surface area contributed by atoms with Gasteiger partial charge >= 0.3 is 6.18 Å². The second-order valence-corrected chi connectivity index (χ2v) is 12.9. The zero-order valence-corrected chi connectivity index (χ0v) is 21.4. The van der Waals surface area contributed by atoms with E-state index in [1.54, 1.807) is 0 Å². The molecule has 1 N–H and O–H groups in total. The molecular weight excluding hydrogens is 540 g/mol. The van der Waals surface area contributed by atoms with Crippen LogP contribution in [0, 0.1) is 5.92 Å². The van der Waals surface area contributed by atoms with Crippen LogP contribution in [0.2, 0.25) is 10.2 Å². The average molecular weight is 564 g/mol. The summed E-state index contributed by atoms with van der Waals surface area (Å²) in [6.07, 6.45) is -4.81. The zero-order valence-electron chi connectivity index (χ0n) is 19.1. The minimum Gasteiger partial charge on any atom is -0.350 e. The summed E-state index contributed by atoms with van der Waals surface area (Å²) >= 11 is 12.5. The number of amides is 1. The summed E-state index contributed by atoms with van der Waals surface area (Å²) in [5.74, 6) is -4.12.